The van der Waals surface area contributed by atoms with Crippen molar-refractivity contribution in [3.05, 3.63) is 53.7 Å². The van der Waals surface area contributed by atoms with E-state index in [1.54, 1.807) is 18.2 Å². The predicted molar refractivity (Wildman–Crippen MR) is 116 cm³/mol. The number of amidine groups is 1. The zero-order valence-electron chi connectivity index (χ0n) is 16.9. The number of rotatable bonds is 3. The van der Waals surface area contributed by atoms with Gasteiger partial charge in [-0.05, 0) is 30.3 Å². The highest BCUT2D eigenvalue weighted by atomic mass is 35.5. The molecular formula is C20H22ClF3N6O. The molecule has 0 bridgehead atoms. The quantitative estimate of drug-likeness (QED) is 0.600. The number of fused-ring (bicyclic) bond motifs is 1. The van der Waals surface area contributed by atoms with Gasteiger partial charge in [0.1, 0.15) is 36.1 Å². The molecule has 2 aromatic heterocycles. The van der Waals surface area contributed by atoms with Crippen LogP contribution in [0.5, 0.6) is 0 Å². The third kappa shape index (κ3) is 7.34. The van der Waals surface area contributed by atoms with Crippen LogP contribution in [0.2, 0.25) is 5.02 Å². The molecule has 1 aromatic carbocycles. The minimum atomic E-state index is -2.47. The number of aliphatic imine (C=N–C) groups is 1. The Morgan fingerprint density at radius 1 is 1.16 bits per heavy atom. The SMILES string of the molecule is CC.Fc1ccc(Nc2ncnc3cc(Cl)cnc23)cc1.NC1=NC(C(F)F)COC1. The smallest absolute Gasteiger partial charge is 0.262 e. The van der Waals surface area contributed by atoms with Crippen molar-refractivity contribution in [1.82, 2.24) is 15.0 Å². The fourth-order valence-electron chi connectivity index (χ4n) is 2.38. The molecule has 7 nitrogen and oxygen atoms in total. The number of aromatic nitrogens is 3. The molecule has 1 aliphatic heterocycles. The van der Waals surface area contributed by atoms with E-state index in [2.05, 4.69) is 25.3 Å². The van der Waals surface area contributed by atoms with Crippen LogP contribution in [0.15, 0.2) is 47.8 Å². The fraction of sp³-hybridized carbons (Fsp3) is 0.300. The standard InChI is InChI=1S/C13H8ClFN4.C5H8F2N2O.C2H6/c14-8-5-11-12(16-6-8)13(18-7-17-11)19-10-3-1-9(15)2-4-10;6-5(7)3-1-10-2-4(8)9-3;1-2/h1-7H,(H,17,18,19);3,5H,1-2H2,(H2,8,9);1-2H3. The van der Waals surface area contributed by atoms with E-state index < -0.39 is 12.5 Å². The lowest BCUT2D eigenvalue weighted by atomic mass is 10.3. The summed E-state index contributed by atoms with van der Waals surface area (Å²) in [6, 6.07) is 6.64. The summed E-state index contributed by atoms with van der Waals surface area (Å²) in [6.07, 6.45) is 0.480. The fourth-order valence-corrected chi connectivity index (χ4v) is 2.53. The number of halogens is 4. The second-order valence-electron chi connectivity index (χ2n) is 5.91. The van der Waals surface area contributed by atoms with Gasteiger partial charge in [0.05, 0.1) is 17.1 Å². The van der Waals surface area contributed by atoms with Gasteiger partial charge in [-0.1, -0.05) is 25.4 Å². The first kappa shape index (κ1) is 24.3. The summed E-state index contributed by atoms with van der Waals surface area (Å²) in [6.45, 7) is 4.14. The largest absolute Gasteiger partial charge is 0.386 e. The van der Waals surface area contributed by atoms with Crippen molar-refractivity contribution in [3.8, 4) is 0 Å². The summed E-state index contributed by atoms with van der Waals surface area (Å²) in [5.41, 5.74) is 7.13. The Hall–Kier alpha value is -2.98. The first-order valence-electron chi connectivity index (χ1n) is 9.39. The Balaban J connectivity index is 0.000000241. The predicted octanol–water partition coefficient (Wildman–Crippen LogP) is 4.59. The van der Waals surface area contributed by atoms with Crippen molar-refractivity contribution < 1.29 is 17.9 Å². The molecule has 1 atom stereocenters. The Bertz CT molecular complexity index is 1000. The van der Waals surface area contributed by atoms with Crippen LogP contribution in [0.3, 0.4) is 0 Å². The molecule has 3 aromatic rings. The van der Waals surface area contributed by atoms with Gasteiger partial charge >= 0.3 is 0 Å². The van der Waals surface area contributed by atoms with Crippen LogP contribution in [0.1, 0.15) is 13.8 Å². The van der Waals surface area contributed by atoms with Crippen LogP contribution in [-0.4, -0.2) is 46.5 Å². The number of hydrogen-bond donors (Lipinski definition) is 2. The Labute approximate surface area is 182 Å². The molecule has 11 heteroatoms. The summed E-state index contributed by atoms with van der Waals surface area (Å²) >= 11 is 5.86. The van der Waals surface area contributed by atoms with Crippen LogP contribution < -0.4 is 11.1 Å². The van der Waals surface area contributed by atoms with E-state index in [1.807, 2.05) is 13.8 Å². The number of alkyl halides is 2. The van der Waals surface area contributed by atoms with Crippen molar-refractivity contribution in [1.29, 1.82) is 0 Å². The van der Waals surface area contributed by atoms with Crippen molar-refractivity contribution in [2.45, 2.75) is 26.3 Å². The van der Waals surface area contributed by atoms with E-state index in [-0.39, 0.29) is 24.9 Å². The first-order valence-corrected chi connectivity index (χ1v) is 9.77. The highest BCUT2D eigenvalue weighted by molar-refractivity contribution is 6.31. The molecule has 0 amide bonds. The number of anilines is 2. The van der Waals surface area contributed by atoms with E-state index in [0.29, 0.717) is 21.9 Å². The molecule has 0 saturated heterocycles. The minimum Gasteiger partial charge on any atom is -0.386 e. The van der Waals surface area contributed by atoms with E-state index >= 15 is 0 Å². The monoisotopic (exact) mass is 454 g/mol. The van der Waals surface area contributed by atoms with Crippen molar-refractivity contribution in [2.75, 3.05) is 18.5 Å². The van der Waals surface area contributed by atoms with Gasteiger partial charge in [0.25, 0.3) is 6.43 Å². The van der Waals surface area contributed by atoms with Crippen LogP contribution in [0.25, 0.3) is 11.0 Å². The normalized spacial score (nSPS) is 15.3. The molecule has 166 valence electrons. The average molecular weight is 455 g/mol. The third-order valence-corrected chi connectivity index (χ3v) is 3.92. The number of nitrogens with two attached hydrogens (primary N) is 1. The summed E-state index contributed by atoms with van der Waals surface area (Å²) in [7, 11) is 0. The molecule has 1 aliphatic rings. The van der Waals surface area contributed by atoms with E-state index in [1.165, 1.54) is 24.7 Å². The van der Waals surface area contributed by atoms with Crippen LogP contribution in [-0.2, 0) is 4.74 Å². The Morgan fingerprint density at radius 2 is 1.87 bits per heavy atom. The Kier molecular flexibility index (Phi) is 9.41. The van der Waals surface area contributed by atoms with Crippen LogP contribution in [0, 0.1) is 5.82 Å². The molecule has 0 saturated carbocycles. The van der Waals surface area contributed by atoms with Crippen molar-refractivity contribution >= 4 is 40.0 Å². The highest BCUT2D eigenvalue weighted by Gasteiger charge is 2.22. The van der Waals surface area contributed by atoms with Gasteiger partial charge in [0.15, 0.2) is 5.82 Å². The maximum atomic E-state index is 12.8. The van der Waals surface area contributed by atoms with Gasteiger partial charge in [0, 0.05) is 11.9 Å². The minimum absolute atomic E-state index is 0.0294. The van der Waals surface area contributed by atoms with Gasteiger partial charge in [-0.3, -0.25) is 4.99 Å². The highest BCUT2D eigenvalue weighted by Crippen LogP contribution is 2.23. The summed E-state index contributed by atoms with van der Waals surface area (Å²) in [4.78, 5) is 15.9. The topological polar surface area (TPSA) is 98.3 Å². The third-order valence-electron chi connectivity index (χ3n) is 3.71. The van der Waals surface area contributed by atoms with E-state index in [0.717, 1.165) is 5.69 Å². The molecule has 3 heterocycles. The zero-order valence-corrected chi connectivity index (χ0v) is 17.7. The van der Waals surface area contributed by atoms with Crippen LogP contribution in [0.4, 0.5) is 24.7 Å². The number of hydrogen-bond acceptors (Lipinski definition) is 7. The summed E-state index contributed by atoms with van der Waals surface area (Å²) in [5.74, 6) is 0.410. The maximum Gasteiger partial charge on any atom is 0.262 e. The average Bonchev–Trinajstić information content (AvgIpc) is 2.77. The zero-order chi connectivity index (χ0) is 22.8. The lowest BCUT2D eigenvalue weighted by Crippen LogP contribution is -2.34. The second-order valence-corrected chi connectivity index (χ2v) is 6.35. The molecular weight excluding hydrogens is 433 g/mol. The number of nitrogens with zero attached hydrogens (tertiary/aromatic N) is 4. The lowest BCUT2D eigenvalue weighted by Gasteiger charge is -2.17. The number of ether oxygens (including phenoxy) is 1. The number of benzene rings is 1. The molecule has 4 rings (SSSR count). The van der Waals surface area contributed by atoms with Gasteiger partial charge < -0.3 is 15.8 Å². The number of nitrogens with one attached hydrogen (secondary N) is 1. The second kappa shape index (κ2) is 12.0. The van der Waals surface area contributed by atoms with Gasteiger partial charge in [0.2, 0.25) is 0 Å². The molecule has 1 unspecified atom stereocenters. The van der Waals surface area contributed by atoms with E-state index in [9.17, 15) is 13.2 Å². The first-order chi connectivity index (χ1) is 14.9. The lowest BCUT2D eigenvalue weighted by molar-refractivity contribution is 0.0505. The van der Waals surface area contributed by atoms with Crippen molar-refractivity contribution in [3.63, 3.8) is 0 Å². The molecule has 3 N–H and O–H groups in total. The molecule has 31 heavy (non-hydrogen) atoms. The van der Waals surface area contributed by atoms with Gasteiger partial charge in [-0.2, -0.15) is 0 Å². The van der Waals surface area contributed by atoms with Crippen molar-refractivity contribution in [2.24, 2.45) is 10.7 Å². The van der Waals surface area contributed by atoms with Crippen LogP contribution >= 0.6 is 11.6 Å². The molecule has 0 fully saturated rings. The number of pyridine rings is 1. The molecule has 0 aliphatic carbocycles. The summed E-state index contributed by atoms with van der Waals surface area (Å²) < 4.78 is 41.3. The van der Waals surface area contributed by atoms with Gasteiger partial charge in [-0.25, -0.2) is 28.1 Å². The molecule has 0 radical (unpaired) electrons. The van der Waals surface area contributed by atoms with E-state index in [4.69, 9.17) is 22.1 Å². The van der Waals surface area contributed by atoms with Gasteiger partial charge in [-0.15, -0.1) is 0 Å². The summed E-state index contributed by atoms with van der Waals surface area (Å²) in [5, 5.41) is 3.58. The maximum absolute atomic E-state index is 12.8. The molecule has 0 spiro atoms. The Morgan fingerprint density at radius 3 is 2.48 bits per heavy atom.